The standard InChI is InChI=1S/C26H38N4O4S/c1-4-29-18-23(26(32)27-10-7-11-28-16-19(2)14-20(3)17-28)25(31)22-15-21(8-9-24(22)29)35(33,34)30-12-5-6-13-30/h8-9,15,18-20H,4-7,10-14,16-17H2,1-3H3,(H,27,32)/t19-,20-/m1/s1. The number of nitrogens with zero attached hydrogens (tertiary/aromatic N) is 3. The fourth-order valence-electron chi connectivity index (χ4n) is 5.61. The fourth-order valence-corrected chi connectivity index (χ4v) is 7.16. The van der Waals surface area contributed by atoms with Gasteiger partial charge in [-0.05, 0) is 69.2 Å². The maximum absolute atomic E-state index is 13.3. The van der Waals surface area contributed by atoms with Crippen molar-refractivity contribution in [2.24, 2.45) is 11.8 Å². The Bertz CT molecular complexity index is 1220. The van der Waals surface area contributed by atoms with Gasteiger partial charge in [0.15, 0.2) is 0 Å². The van der Waals surface area contributed by atoms with Crippen LogP contribution in [0.5, 0.6) is 0 Å². The van der Waals surface area contributed by atoms with Gasteiger partial charge in [0, 0.05) is 50.9 Å². The summed E-state index contributed by atoms with van der Waals surface area (Å²) in [5.41, 5.74) is 0.248. The third-order valence-corrected chi connectivity index (χ3v) is 9.12. The highest BCUT2D eigenvalue weighted by molar-refractivity contribution is 7.89. The van der Waals surface area contributed by atoms with Crippen LogP contribution < -0.4 is 10.7 Å². The molecular formula is C26H38N4O4S. The first-order valence-electron chi connectivity index (χ1n) is 12.9. The minimum atomic E-state index is -3.66. The molecule has 1 amide bonds. The summed E-state index contributed by atoms with van der Waals surface area (Å²) >= 11 is 0. The number of hydrogen-bond acceptors (Lipinski definition) is 5. The van der Waals surface area contributed by atoms with Crippen LogP contribution in [-0.2, 0) is 16.6 Å². The largest absolute Gasteiger partial charge is 0.352 e. The summed E-state index contributed by atoms with van der Waals surface area (Å²) in [5.74, 6) is 0.975. The summed E-state index contributed by atoms with van der Waals surface area (Å²) in [4.78, 5) is 28.8. The Balaban J connectivity index is 1.51. The number of sulfonamides is 1. The monoisotopic (exact) mass is 502 g/mol. The zero-order chi connectivity index (χ0) is 25.2. The van der Waals surface area contributed by atoms with Crippen LogP contribution in [0.25, 0.3) is 10.9 Å². The lowest BCUT2D eigenvalue weighted by atomic mass is 9.92. The molecule has 8 nitrogen and oxygen atoms in total. The van der Waals surface area contributed by atoms with Gasteiger partial charge in [0.1, 0.15) is 5.56 Å². The zero-order valence-electron chi connectivity index (χ0n) is 21.1. The quantitative estimate of drug-likeness (QED) is 0.561. The Labute approximate surface area is 208 Å². The van der Waals surface area contributed by atoms with E-state index in [1.165, 1.54) is 16.8 Å². The molecule has 2 saturated heterocycles. The van der Waals surface area contributed by atoms with Gasteiger partial charge in [-0.1, -0.05) is 13.8 Å². The first-order chi connectivity index (χ1) is 16.7. The van der Waals surface area contributed by atoms with E-state index in [1.807, 2.05) is 11.5 Å². The van der Waals surface area contributed by atoms with Gasteiger partial charge in [-0.2, -0.15) is 4.31 Å². The maximum Gasteiger partial charge on any atom is 0.256 e. The van der Waals surface area contributed by atoms with E-state index >= 15 is 0 Å². The summed E-state index contributed by atoms with van der Waals surface area (Å²) in [5, 5.41) is 3.16. The number of aryl methyl sites for hydroxylation is 1. The van der Waals surface area contributed by atoms with Crippen molar-refractivity contribution in [2.75, 3.05) is 39.3 Å². The predicted molar refractivity (Wildman–Crippen MR) is 138 cm³/mol. The average Bonchev–Trinajstić information content (AvgIpc) is 3.37. The molecule has 1 N–H and O–H groups in total. The molecule has 4 rings (SSSR count). The Morgan fingerprint density at radius 2 is 1.80 bits per heavy atom. The van der Waals surface area contributed by atoms with Gasteiger partial charge in [-0.15, -0.1) is 0 Å². The number of fused-ring (bicyclic) bond motifs is 1. The van der Waals surface area contributed by atoms with E-state index in [9.17, 15) is 18.0 Å². The molecule has 0 bridgehead atoms. The number of carbonyl (C=O) groups excluding carboxylic acids is 1. The topological polar surface area (TPSA) is 91.7 Å². The molecule has 0 spiro atoms. The van der Waals surface area contributed by atoms with Gasteiger partial charge in [0.25, 0.3) is 5.91 Å². The molecule has 1 aromatic heterocycles. The van der Waals surface area contributed by atoms with Crippen LogP contribution in [0.3, 0.4) is 0 Å². The van der Waals surface area contributed by atoms with E-state index in [0.29, 0.717) is 43.5 Å². The second-order valence-electron chi connectivity index (χ2n) is 10.3. The highest BCUT2D eigenvalue weighted by Crippen LogP contribution is 2.24. The van der Waals surface area contributed by atoms with Gasteiger partial charge in [0.2, 0.25) is 15.5 Å². The average molecular weight is 503 g/mol. The summed E-state index contributed by atoms with van der Waals surface area (Å²) in [6.45, 7) is 11.6. The molecule has 3 heterocycles. The van der Waals surface area contributed by atoms with Crippen LogP contribution in [0.1, 0.15) is 56.8 Å². The number of piperidine rings is 1. The third kappa shape index (κ3) is 5.62. The second-order valence-corrected chi connectivity index (χ2v) is 12.2. The number of likely N-dealkylation sites (tertiary alicyclic amines) is 1. The van der Waals surface area contributed by atoms with E-state index in [4.69, 9.17) is 0 Å². The van der Waals surface area contributed by atoms with Crippen LogP contribution in [0, 0.1) is 11.8 Å². The lowest BCUT2D eigenvalue weighted by molar-refractivity contribution is 0.0945. The van der Waals surface area contributed by atoms with Crippen molar-refractivity contribution < 1.29 is 13.2 Å². The molecule has 9 heteroatoms. The first kappa shape index (κ1) is 25.9. The molecule has 1 aromatic carbocycles. The van der Waals surface area contributed by atoms with Crippen LogP contribution in [0.2, 0.25) is 0 Å². The normalized spacial score (nSPS) is 22.0. The van der Waals surface area contributed by atoms with E-state index in [2.05, 4.69) is 24.1 Å². The molecule has 2 atom stereocenters. The van der Waals surface area contributed by atoms with Crippen molar-refractivity contribution in [2.45, 2.75) is 57.9 Å². The number of hydrogen-bond donors (Lipinski definition) is 1. The highest BCUT2D eigenvalue weighted by atomic mass is 32.2. The molecule has 2 fully saturated rings. The Morgan fingerprint density at radius 1 is 1.11 bits per heavy atom. The van der Waals surface area contributed by atoms with Crippen molar-refractivity contribution >= 4 is 26.8 Å². The highest BCUT2D eigenvalue weighted by Gasteiger charge is 2.28. The molecule has 0 saturated carbocycles. The Kier molecular flexibility index (Phi) is 7.98. The van der Waals surface area contributed by atoms with E-state index in [-0.39, 0.29) is 15.8 Å². The molecule has 2 aliphatic heterocycles. The number of carbonyl (C=O) groups is 1. The van der Waals surface area contributed by atoms with Crippen LogP contribution in [-0.4, -0.2) is 67.4 Å². The SMILES string of the molecule is CCn1cc(C(=O)NCCCN2C[C@H](C)C[C@@H](C)C2)c(=O)c2cc(S(=O)(=O)N3CCCC3)ccc21. The molecule has 0 radical (unpaired) electrons. The maximum atomic E-state index is 13.3. The number of aromatic nitrogens is 1. The number of benzene rings is 1. The number of nitrogens with one attached hydrogen (secondary N) is 1. The van der Waals surface area contributed by atoms with Gasteiger partial charge in [0.05, 0.1) is 10.4 Å². The smallest absolute Gasteiger partial charge is 0.256 e. The van der Waals surface area contributed by atoms with Crippen molar-refractivity contribution in [1.29, 1.82) is 0 Å². The molecule has 0 unspecified atom stereocenters. The van der Waals surface area contributed by atoms with E-state index in [0.717, 1.165) is 38.9 Å². The van der Waals surface area contributed by atoms with Crippen molar-refractivity contribution in [3.63, 3.8) is 0 Å². The van der Waals surface area contributed by atoms with Gasteiger partial charge < -0.3 is 14.8 Å². The molecule has 0 aliphatic carbocycles. The summed E-state index contributed by atoms with van der Waals surface area (Å²) in [7, 11) is -3.66. The van der Waals surface area contributed by atoms with Gasteiger partial charge in [-0.3, -0.25) is 9.59 Å². The summed E-state index contributed by atoms with van der Waals surface area (Å²) in [6, 6.07) is 4.67. The predicted octanol–water partition coefficient (Wildman–Crippen LogP) is 2.90. The molecule has 35 heavy (non-hydrogen) atoms. The summed E-state index contributed by atoms with van der Waals surface area (Å²) in [6.07, 6.45) is 5.35. The zero-order valence-corrected chi connectivity index (χ0v) is 21.9. The molecular weight excluding hydrogens is 464 g/mol. The van der Waals surface area contributed by atoms with E-state index < -0.39 is 21.4 Å². The van der Waals surface area contributed by atoms with Crippen LogP contribution >= 0.6 is 0 Å². The molecule has 2 aromatic rings. The first-order valence-corrected chi connectivity index (χ1v) is 14.3. The lowest BCUT2D eigenvalue weighted by Crippen LogP contribution is -2.40. The van der Waals surface area contributed by atoms with Crippen LogP contribution in [0.15, 0.2) is 34.1 Å². The van der Waals surface area contributed by atoms with Gasteiger partial charge >= 0.3 is 0 Å². The van der Waals surface area contributed by atoms with Gasteiger partial charge in [-0.25, -0.2) is 8.42 Å². The molecule has 192 valence electrons. The van der Waals surface area contributed by atoms with Crippen LogP contribution in [0.4, 0.5) is 0 Å². The lowest BCUT2D eigenvalue weighted by Gasteiger charge is -2.34. The second kappa shape index (κ2) is 10.8. The Morgan fingerprint density at radius 3 is 2.46 bits per heavy atom. The Hall–Kier alpha value is -2.23. The van der Waals surface area contributed by atoms with Crippen molar-refractivity contribution in [1.82, 2.24) is 19.1 Å². The third-order valence-electron chi connectivity index (χ3n) is 7.22. The number of amides is 1. The molecule has 2 aliphatic rings. The fraction of sp³-hybridized carbons (Fsp3) is 0.615. The summed E-state index contributed by atoms with van der Waals surface area (Å²) < 4.78 is 29.4. The van der Waals surface area contributed by atoms with Crippen molar-refractivity contribution in [3.05, 3.63) is 40.2 Å². The number of rotatable bonds is 8. The van der Waals surface area contributed by atoms with E-state index in [1.54, 1.807) is 18.3 Å². The minimum Gasteiger partial charge on any atom is -0.352 e. The van der Waals surface area contributed by atoms with Crippen molar-refractivity contribution in [3.8, 4) is 0 Å². The minimum absolute atomic E-state index is 0.0512. The number of pyridine rings is 1.